The van der Waals surface area contributed by atoms with E-state index in [9.17, 15) is 5.11 Å². The Morgan fingerprint density at radius 2 is 1.79 bits per heavy atom. The van der Waals surface area contributed by atoms with Gasteiger partial charge in [0.2, 0.25) is 0 Å². The summed E-state index contributed by atoms with van der Waals surface area (Å²) in [5.74, 6) is 0. The first kappa shape index (κ1) is 17.5. The second-order valence-corrected chi connectivity index (χ2v) is 7.42. The van der Waals surface area contributed by atoms with Crippen molar-refractivity contribution in [2.45, 2.75) is 18.6 Å². The van der Waals surface area contributed by atoms with E-state index in [0.29, 0.717) is 23.0 Å². The van der Waals surface area contributed by atoms with Crippen LogP contribution in [0.5, 0.6) is 0 Å². The molecule has 0 saturated carbocycles. The average molecular weight is 426 g/mol. The van der Waals surface area contributed by atoms with E-state index in [0.717, 1.165) is 15.6 Å². The zero-order chi connectivity index (χ0) is 17.2. The van der Waals surface area contributed by atoms with Crippen molar-refractivity contribution in [3.05, 3.63) is 86.8 Å². The minimum Gasteiger partial charge on any atom is -0.383 e. The fourth-order valence-corrected chi connectivity index (χ4v) is 3.90. The Hall–Kier alpha value is -1.33. The zero-order valence-electron chi connectivity index (χ0n) is 12.7. The molecule has 0 radical (unpaired) electrons. The van der Waals surface area contributed by atoms with Gasteiger partial charge in [-0.3, -0.25) is 0 Å². The lowest BCUT2D eigenvalue weighted by Gasteiger charge is -2.30. The van der Waals surface area contributed by atoms with Crippen LogP contribution in [0.25, 0.3) is 0 Å². The molecule has 24 heavy (non-hydrogen) atoms. The van der Waals surface area contributed by atoms with Gasteiger partial charge >= 0.3 is 0 Å². The molecule has 0 aliphatic rings. The van der Waals surface area contributed by atoms with Gasteiger partial charge in [0, 0.05) is 33.3 Å². The van der Waals surface area contributed by atoms with E-state index in [1.54, 1.807) is 24.7 Å². The molecule has 0 aliphatic carbocycles. The Labute approximate surface area is 159 Å². The quantitative estimate of drug-likeness (QED) is 0.618. The second-order valence-electron chi connectivity index (χ2n) is 5.69. The average Bonchev–Trinajstić information content (AvgIpc) is 3.02. The Morgan fingerprint density at radius 1 is 1.08 bits per heavy atom. The maximum Gasteiger partial charge on any atom is 0.113 e. The molecule has 0 bridgehead atoms. The zero-order valence-corrected chi connectivity index (χ0v) is 15.8. The highest BCUT2D eigenvalue weighted by Gasteiger charge is 2.32. The van der Waals surface area contributed by atoms with E-state index < -0.39 is 5.60 Å². The van der Waals surface area contributed by atoms with E-state index in [4.69, 9.17) is 23.2 Å². The van der Waals surface area contributed by atoms with Gasteiger partial charge < -0.3 is 9.67 Å². The summed E-state index contributed by atoms with van der Waals surface area (Å²) in [6, 6.07) is 12.9. The third kappa shape index (κ3) is 4.01. The Balaban J connectivity index is 2.00. The molecule has 1 heterocycles. The molecular weight excluding hydrogens is 411 g/mol. The van der Waals surface area contributed by atoms with Crippen LogP contribution >= 0.6 is 39.1 Å². The molecule has 1 aromatic heterocycles. The molecule has 0 saturated heterocycles. The lowest BCUT2D eigenvalue weighted by molar-refractivity contribution is 0.0178. The van der Waals surface area contributed by atoms with Crippen molar-refractivity contribution in [1.82, 2.24) is 9.55 Å². The molecule has 0 aliphatic heterocycles. The first-order valence-electron chi connectivity index (χ1n) is 7.34. The lowest BCUT2D eigenvalue weighted by Crippen LogP contribution is -2.34. The molecule has 0 spiro atoms. The number of aliphatic hydroxyl groups is 1. The molecule has 2 aromatic carbocycles. The van der Waals surface area contributed by atoms with Gasteiger partial charge in [-0.05, 0) is 35.4 Å². The van der Waals surface area contributed by atoms with Gasteiger partial charge in [0.25, 0.3) is 0 Å². The highest BCUT2D eigenvalue weighted by molar-refractivity contribution is 9.10. The van der Waals surface area contributed by atoms with Crippen LogP contribution in [0.2, 0.25) is 10.0 Å². The van der Waals surface area contributed by atoms with Crippen LogP contribution in [0, 0.1) is 0 Å². The first-order valence-corrected chi connectivity index (χ1v) is 8.89. The Bertz CT molecular complexity index is 822. The van der Waals surface area contributed by atoms with Gasteiger partial charge in [0.05, 0.1) is 12.9 Å². The molecule has 1 N–H and O–H groups in total. The standard InChI is InChI=1S/C18H15BrCl2N2O/c19-17-9-15(21)5-6-16(17)18(24,11-23-8-7-22-12-23)10-13-1-3-14(20)4-2-13/h1-9,12,24H,10-11H2. The van der Waals surface area contributed by atoms with E-state index in [1.807, 2.05) is 41.1 Å². The van der Waals surface area contributed by atoms with Gasteiger partial charge in [-0.15, -0.1) is 0 Å². The molecule has 3 nitrogen and oxygen atoms in total. The van der Waals surface area contributed by atoms with Gasteiger partial charge in [-0.1, -0.05) is 57.3 Å². The first-order chi connectivity index (χ1) is 11.5. The highest BCUT2D eigenvalue weighted by Crippen LogP contribution is 2.35. The summed E-state index contributed by atoms with van der Waals surface area (Å²) < 4.78 is 2.63. The molecule has 124 valence electrons. The number of aromatic nitrogens is 2. The van der Waals surface area contributed by atoms with Crippen LogP contribution in [0.1, 0.15) is 11.1 Å². The van der Waals surface area contributed by atoms with Crippen LogP contribution in [-0.4, -0.2) is 14.7 Å². The van der Waals surface area contributed by atoms with Gasteiger partial charge in [0.15, 0.2) is 0 Å². The van der Waals surface area contributed by atoms with Crippen molar-refractivity contribution < 1.29 is 5.11 Å². The van der Waals surface area contributed by atoms with E-state index >= 15 is 0 Å². The van der Waals surface area contributed by atoms with Crippen LogP contribution in [-0.2, 0) is 18.6 Å². The fourth-order valence-electron chi connectivity index (χ4n) is 2.73. The lowest BCUT2D eigenvalue weighted by atomic mass is 9.87. The number of nitrogens with zero attached hydrogens (tertiary/aromatic N) is 2. The molecule has 1 unspecified atom stereocenters. The van der Waals surface area contributed by atoms with Crippen LogP contribution in [0.4, 0.5) is 0 Å². The Morgan fingerprint density at radius 3 is 2.42 bits per heavy atom. The molecule has 3 rings (SSSR count). The summed E-state index contributed by atoms with van der Waals surface area (Å²) in [4.78, 5) is 4.06. The molecule has 6 heteroatoms. The third-order valence-corrected chi connectivity index (χ3v) is 4.99. The summed E-state index contributed by atoms with van der Waals surface area (Å²) in [6.45, 7) is 0.371. The van der Waals surface area contributed by atoms with Gasteiger partial charge in [-0.2, -0.15) is 0 Å². The summed E-state index contributed by atoms with van der Waals surface area (Å²) in [5, 5.41) is 12.8. The summed E-state index contributed by atoms with van der Waals surface area (Å²) in [5.41, 5.74) is 0.636. The van der Waals surface area contributed by atoms with E-state index in [1.165, 1.54) is 0 Å². The van der Waals surface area contributed by atoms with Crippen molar-refractivity contribution in [2.75, 3.05) is 0 Å². The molecule has 1 atom stereocenters. The van der Waals surface area contributed by atoms with Crippen molar-refractivity contribution in [2.24, 2.45) is 0 Å². The summed E-state index contributed by atoms with van der Waals surface area (Å²) >= 11 is 15.5. The summed E-state index contributed by atoms with van der Waals surface area (Å²) in [7, 11) is 0. The maximum atomic E-state index is 11.5. The van der Waals surface area contributed by atoms with Crippen LogP contribution < -0.4 is 0 Å². The number of hydrogen-bond acceptors (Lipinski definition) is 2. The minimum absolute atomic E-state index is 0.371. The fraction of sp³-hybridized carbons (Fsp3) is 0.167. The number of halogens is 3. The highest BCUT2D eigenvalue weighted by atomic mass is 79.9. The van der Waals surface area contributed by atoms with Gasteiger partial charge in [-0.25, -0.2) is 4.98 Å². The van der Waals surface area contributed by atoms with E-state index in [-0.39, 0.29) is 0 Å². The number of benzene rings is 2. The Kier molecular flexibility index (Phi) is 5.30. The number of hydrogen-bond donors (Lipinski definition) is 1. The van der Waals surface area contributed by atoms with Crippen LogP contribution in [0.15, 0.2) is 65.7 Å². The van der Waals surface area contributed by atoms with Crippen molar-refractivity contribution in [1.29, 1.82) is 0 Å². The van der Waals surface area contributed by atoms with Crippen molar-refractivity contribution in [3.8, 4) is 0 Å². The normalized spacial score (nSPS) is 13.7. The smallest absolute Gasteiger partial charge is 0.113 e. The molecule has 0 amide bonds. The minimum atomic E-state index is -1.13. The molecular formula is C18H15BrCl2N2O. The largest absolute Gasteiger partial charge is 0.383 e. The predicted molar refractivity (Wildman–Crippen MR) is 100 cm³/mol. The third-order valence-electron chi connectivity index (χ3n) is 3.85. The monoisotopic (exact) mass is 424 g/mol. The predicted octanol–water partition coefficient (Wildman–Crippen LogP) is 5.08. The molecule has 3 aromatic rings. The van der Waals surface area contributed by atoms with Gasteiger partial charge in [0.1, 0.15) is 5.60 Å². The number of imidazole rings is 1. The van der Waals surface area contributed by atoms with E-state index in [2.05, 4.69) is 20.9 Å². The molecule has 0 fully saturated rings. The number of rotatable bonds is 5. The van der Waals surface area contributed by atoms with Crippen molar-refractivity contribution in [3.63, 3.8) is 0 Å². The second kappa shape index (κ2) is 7.28. The van der Waals surface area contributed by atoms with Crippen LogP contribution in [0.3, 0.4) is 0 Å². The van der Waals surface area contributed by atoms with Crippen molar-refractivity contribution >= 4 is 39.1 Å². The topological polar surface area (TPSA) is 38.0 Å². The summed E-state index contributed by atoms with van der Waals surface area (Å²) in [6.07, 6.45) is 5.65. The SMILES string of the molecule is OC(Cc1ccc(Cl)cc1)(Cn1ccnc1)c1ccc(Cl)cc1Br. The maximum absolute atomic E-state index is 11.5.